The summed E-state index contributed by atoms with van der Waals surface area (Å²) in [5.74, 6) is -0.911. The third-order valence-electron chi connectivity index (χ3n) is 4.35. The van der Waals surface area contributed by atoms with Crippen LogP contribution in [-0.4, -0.2) is 22.6 Å². The van der Waals surface area contributed by atoms with E-state index in [-0.39, 0.29) is 23.7 Å². The Hall–Kier alpha value is -1.06. The quantitative estimate of drug-likeness (QED) is 0.706. The van der Waals surface area contributed by atoms with Crippen molar-refractivity contribution in [3.63, 3.8) is 0 Å². The van der Waals surface area contributed by atoms with E-state index in [0.717, 1.165) is 12.8 Å². The fourth-order valence-electron chi connectivity index (χ4n) is 3.11. The van der Waals surface area contributed by atoms with Crippen LogP contribution in [0.2, 0.25) is 0 Å². The van der Waals surface area contributed by atoms with Crippen molar-refractivity contribution in [3.05, 3.63) is 0 Å². The molecule has 3 atom stereocenters. The molecule has 0 radical (unpaired) electrons. The summed E-state index contributed by atoms with van der Waals surface area (Å²) in [6.45, 7) is 3.91. The van der Waals surface area contributed by atoms with Crippen molar-refractivity contribution in [1.82, 2.24) is 0 Å². The summed E-state index contributed by atoms with van der Waals surface area (Å²) >= 11 is 0. The Balaban J connectivity index is 2.25. The first kappa shape index (κ1) is 10.5. The molecule has 84 valence electrons. The predicted molar refractivity (Wildman–Crippen MR) is 52.2 cm³/mol. The number of esters is 1. The lowest BCUT2D eigenvalue weighted by Crippen LogP contribution is -2.39. The molecule has 15 heavy (non-hydrogen) atoms. The molecule has 0 bridgehead atoms. The van der Waals surface area contributed by atoms with Gasteiger partial charge in [-0.2, -0.15) is 0 Å². The maximum atomic E-state index is 11.3. The molecule has 0 aromatic carbocycles. The van der Waals surface area contributed by atoms with Crippen LogP contribution < -0.4 is 0 Å². The fraction of sp³-hybridized carbons (Fsp3) is 0.818. The Morgan fingerprint density at radius 3 is 2.87 bits per heavy atom. The van der Waals surface area contributed by atoms with Crippen LogP contribution in [0.3, 0.4) is 0 Å². The summed E-state index contributed by atoms with van der Waals surface area (Å²) in [6, 6.07) is 0. The summed E-state index contributed by atoms with van der Waals surface area (Å²) in [4.78, 5) is 22.1. The third-order valence-corrected chi connectivity index (χ3v) is 4.35. The largest absolute Gasteiger partial charge is 0.481 e. The van der Waals surface area contributed by atoms with Gasteiger partial charge in [-0.15, -0.1) is 0 Å². The molecule has 1 saturated carbocycles. The molecule has 0 amide bonds. The molecule has 2 fully saturated rings. The van der Waals surface area contributed by atoms with Gasteiger partial charge in [-0.1, -0.05) is 6.92 Å². The number of fused-ring (bicyclic) bond motifs is 1. The van der Waals surface area contributed by atoms with E-state index in [9.17, 15) is 9.59 Å². The van der Waals surface area contributed by atoms with E-state index in [2.05, 4.69) is 0 Å². The number of hydrogen-bond donors (Lipinski definition) is 1. The SMILES string of the molecule is C[C@@]12CC[C@@H](CC(=O)O)[C@@]1(C)CC(=O)O2. The molecule has 4 nitrogen and oxygen atoms in total. The minimum Gasteiger partial charge on any atom is -0.481 e. The number of carbonyl (C=O) groups excluding carboxylic acids is 1. The molecule has 1 saturated heterocycles. The fourth-order valence-corrected chi connectivity index (χ4v) is 3.11. The van der Waals surface area contributed by atoms with Crippen LogP contribution in [0.1, 0.15) is 39.5 Å². The standard InChI is InChI=1S/C11H16O4/c1-10-6-9(14)15-11(10,2)4-3-7(10)5-8(12)13/h7H,3-6H2,1-2H3,(H,12,13)/t7-,10+,11+/m0/s1. The van der Waals surface area contributed by atoms with Gasteiger partial charge < -0.3 is 9.84 Å². The van der Waals surface area contributed by atoms with E-state index in [1.807, 2.05) is 13.8 Å². The van der Waals surface area contributed by atoms with E-state index in [1.54, 1.807) is 0 Å². The van der Waals surface area contributed by atoms with Gasteiger partial charge >= 0.3 is 11.9 Å². The normalized spacial score (nSPS) is 43.9. The van der Waals surface area contributed by atoms with Gasteiger partial charge in [0.15, 0.2) is 0 Å². The van der Waals surface area contributed by atoms with Crippen molar-refractivity contribution in [2.24, 2.45) is 11.3 Å². The molecular weight excluding hydrogens is 196 g/mol. The molecule has 1 N–H and O–H groups in total. The molecule has 0 spiro atoms. The molecule has 2 aliphatic rings. The molecule has 1 aliphatic heterocycles. The zero-order valence-electron chi connectivity index (χ0n) is 9.08. The van der Waals surface area contributed by atoms with Crippen molar-refractivity contribution in [2.75, 3.05) is 0 Å². The zero-order valence-corrected chi connectivity index (χ0v) is 9.08. The Bertz CT molecular complexity index is 325. The van der Waals surface area contributed by atoms with Gasteiger partial charge in [-0.05, 0) is 25.7 Å². The highest BCUT2D eigenvalue weighted by Crippen LogP contribution is 2.59. The first-order valence-electron chi connectivity index (χ1n) is 5.31. The highest BCUT2D eigenvalue weighted by atomic mass is 16.6. The Morgan fingerprint density at radius 1 is 1.60 bits per heavy atom. The van der Waals surface area contributed by atoms with Crippen molar-refractivity contribution >= 4 is 11.9 Å². The van der Waals surface area contributed by atoms with Crippen LogP contribution in [0.15, 0.2) is 0 Å². The van der Waals surface area contributed by atoms with Crippen LogP contribution in [0.5, 0.6) is 0 Å². The molecule has 1 heterocycles. The van der Waals surface area contributed by atoms with Crippen LogP contribution in [0.25, 0.3) is 0 Å². The lowest BCUT2D eigenvalue weighted by Gasteiger charge is -2.35. The van der Waals surface area contributed by atoms with Gasteiger partial charge in [0.25, 0.3) is 0 Å². The van der Waals surface area contributed by atoms with Crippen LogP contribution >= 0.6 is 0 Å². The van der Waals surface area contributed by atoms with Gasteiger partial charge in [0.05, 0.1) is 6.42 Å². The third kappa shape index (κ3) is 1.34. The number of rotatable bonds is 2. The lowest BCUT2D eigenvalue weighted by atomic mass is 9.70. The maximum absolute atomic E-state index is 11.3. The number of hydrogen-bond acceptors (Lipinski definition) is 3. The highest BCUT2D eigenvalue weighted by molar-refractivity contribution is 5.75. The lowest BCUT2D eigenvalue weighted by molar-refractivity contribution is -0.148. The summed E-state index contributed by atoms with van der Waals surface area (Å²) in [7, 11) is 0. The van der Waals surface area contributed by atoms with Gasteiger partial charge in [0.1, 0.15) is 5.60 Å². The minimum atomic E-state index is -0.787. The number of aliphatic carboxylic acids is 1. The van der Waals surface area contributed by atoms with Gasteiger partial charge in [-0.25, -0.2) is 0 Å². The number of carbonyl (C=O) groups is 2. The van der Waals surface area contributed by atoms with E-state index in [1.165, 1.54) is 0 Å². The van der Waals surface area contributed by atoms with E-state index >= 15 is 0 Å². The van der Waals surface area contributed by atoms with E-state index < -0.39 is 11.6 Å². The first-order valence-corrected chi connectivity index (χ1v) is 5.31. The molecule has 2 rings (SSSR count). The van der Waals surface area contributed by atoms with E-state index in [0.29, 0.717) is 6.42 Å². The zero-order chi connectivity index (χ0) is 11.3. The maximum Gasteiger partial charge on any atom is 0.307 e. The summed E-state index contributed by atoms with van der Waals surface area (Å²) in [5.41, 5.74) is -0.729. The predicted octanol–water partition coefficient (Wildman–Crippen LogP) is 1.58. The van der Waals surface area contributed by atoms with Gasteiger partial charge in [0, 0.05) is 11.8 Å². The second-order valence-corrected chi connectivity index (χ2v) is 5.13. The molecular formula is C11H16O4. The van der Waals surface area contributed by atoms with Crippen LogP contribution in [0, 0.1) is 11.3 Å². The molecule has 0 unspecified atom stereocenters. The van der Waals surface area contributed by atoms with Crippen LogP contribution in [0.4, 0.5) is 0 Å². The Labute approximate surface area is 88.6 Å². The summed E-state index contributed by atoms with van der Waals surface area (Å²) in [6.07, 6.45) is 2.13. The van der Waals surface area contributed by atoms with Crippen molar-refractivity contribution < 1.29 is 19.4 Å². The van der Waals surface area contributed by atoms with E-state index in [4.69, 9.17) is 9.84 Å². The minimum absolute atomic E-state index is 0.0615. The molecule has 1 aliphatic carbocycles. The molecule has 4 heteroatoms. The monoisotopic (exact) mass is 212 g/mol. The second kappa shape index (κ2) is 2.97. The summed E-state index contributed by atoms with van der Waals surface area (Å²) < 4.78 is 5.36. The van der Waals surface area contributed by atoms with Gasteiger partial charge in [0.2, 0.25) is 0 Å². The number of carboxylic acid groups (broad SMARTS) is 1. The van der Waals surface area contributed by atoms with Gasteiger partial charge in [-0.3, -0.25) is 9.59 Å². The highest BCUT2D eigenvalue weighted by Gasteiger charge is 2.62. The Morgan fingerprint density at radius 2 is 2.27 bits per heavy atom. The number of carboxylic acids is 1. The van der Waals surface area contributed by atoms with Crippen molar-refractivity contribution in [3.8, 4) is 0 Å². The topological polar surface area (TPSA) is 63.6 Å². The Kier molecular flexibility index (Phi) is 2.07. The number of ether oxygens (including phenoxy) is 1. The summed E-state index contributed by atoms with van der Waals surface area (Å²) in [5, 5.41) is 8.83. The second-order valence-electron chi connectivity index (χ2n) is 5.13. The first-order chi connectivity index (χ1) is 6.87. The van der Waals surface area contributed by atoms with Crippen molar-refractivity contribution in [1.29, 1.82) is 0 Å². The average molecular weight is 212 g/mol. The molecule has 0 aromatic rings. The molecule has 0 aromatic heterocycles. The average Bonchev–Trinajstić information content (AvgIpc) is 2.42. The van der Waals surface area contributed by atoms with Crippen molar-refractivity contribution in [2.45, 2.75) is 45.1 Å². The van der Waals surface area contributed by atoms with Crippen LogP contribution in [-0.2, 0) is 14.3 Å². The smallest absolute Gasteiger partial charge is 0.307 e.